The van der Waals surface area contributed by atoms with Crippen LogP contribution in [0.1, 0.15) is 6.92 Å². The summed E-state index contributed by atoms with van der Waals surface area (Å²) >= 11 is 1.06. The molecule has 6 radical (unpaired) electrons. The number of rotatable bonds is 9. The largest absolute Gasteiger partial charge is 0.479 e. The van der Waals surface area contributed by atoms with Crippen LogP contribution in [0.2, 0.25) is 5.11 Å². The average molecular weight is 469 g/mol. The van der Waals surface area contributed by atoms with Gasteiger partial charge in [-0.05, 0) is 6.92 Å². The van der Waals surface area contributed by atoms with E-state index in [0.717, 1.165) is 18.7 Å². The van der Waals surface area contributed by atoms with Gasteiger partial charge in [-0.25, -0.2) is 4.79 Å². The van der Waals surface area contributed by atoms with E-state index in [1.807, 2.05) is 0 Å². The predicted molar refractivity (Wildman–Crippen MR) is 108 cm³/mol. The van der Waals surface area contributed by atoms with Crippen LogP contribution in [0.3, 0.4) is 0 Å². The van der Waals surface area contributed by atoms with Crippen molar-refractivity contribution in [3.8, 4) is 0 Å². The molecule has 2 amide bonds. The van der Waals surface area contributed by atoms with Crippen molar-refractivity contribution in [3.05, 3.63) is 11.1 Å². The summed E-state index contributed by atoms with van der Waals surface area (Å²) in [7, 11) is 11.7. The van der Waals surface area contributed by atoms with Crippen LogP contribution in [0.4, 0.5) is 0 Å². The van der Waals surface area contributed by atoms with Crippen LogP contribution in [-0.2, 0) is 33.9 Å². The van der Waals surface area contributed by atoms with E-state index in [-0.39, 0.29) is 10.8 Å². The Labute approximate surface area is 184 Å². The molecule has 2 heterocycles. The van der Waals surface area contributed by atoms with Gasteiger partial charge in [-0.2, -0.15) is 13.5 Å². The molecular weight excluding hydrogens is 455 g/mol. The standard InChI is InChI=1S/C12H14B3N5O9S2/c1-11(12(13,14)15)7(9(24)20(11)29-31(25,26)27)18-8(23)6(19-28-2-5(21)22)4-3-30-10(16)17-4/h3,7,10,17H,2,16H2,1H3,(H,18,23)(H,21,22)(H,25,26,27)/b19-6-/t7?,10?,11-/m0/s1. The third-order valence-electron chi connectivity index (χ3n) is 4.20. The van der Waals surface area contributed by atoms with Crippen molar-refractivity contribution in [1.82, 2.24) is 15.7 Å². The molecule has 0 spiro atoms. The second kappa shape index (κ2) is 8.74. The van der Waals surface area contributed by atoms with Crippen molar-refractivity contribution in [1.29, 1.82) is 0 Å². The number of oxime groups is 1. The number of carbonyl (C=O) groups excluding carboxylic acids is 2. The number of amides is 2. The number of β-lactam (4-membered cyclic amide) rings is 1. The number of aliphatic carboxylic acids is 1. The van der Waals surface area contributed by atoms with E-state index >= 15 is 0 Å². The number of nitrogens with one attached hydrogen (secondary N) is 2. The summed E-state index contributed by atoms with van der Waals surface area (Å²) in [6.45, 7) is 0.206. The zero-order valence-electron chi connectivity index (χ0n) is 15.7. The second-order valence-electron chi connectivity index (χ2n) is 6.46. The van der Waals surface area contributed by atoms with Crippen molar-refractivity contribution in [3.63, 3.8) is 0 Å². The number of thioether (sulfide) groups is 1. The highest BCUT2D eigenvalue weighted by molar-refractivity contribution is 8.02. The Kier molecular flexibility index (Phi) is 7.06. The Bertz CT molecular complexity index is 954. The number of hydrogen-bond acceptors (Lipinski definition) is 11. The Balaban J connectivity index is 2.31. The van der Waals surface area contributed by atoms with Gasteiger partial charge in [0.2, 0.25) is 6.61 Å². The molecule has 3 atom stereocenters. The molecule has 2 aliphatic heterocycles. The highest BCUT2D eigenvalue weighted by Gasteiger charge is 2.65. The van der Waals surface area contributed by atoms with E-state index in [2.05, 4.69) is 24.9 Å². The molecule has 1 saturated heterocycles. The van der Waals surface area contributed by atoms with Gasteiger partial charge in [0.05, 0.1) is 34.8 Å². The van der Waals surface area contributed by atoms with E-state index in [9.17, 15) is 22.8 Å². The van der Waals surface area contributed by atoms with Crippen molar-refractivity contribution < 1.29 is 41.6 Å². The third-order valence-corrected chi connectivity index (χ3v) is 5.32. The molecule has 0 aromatic heterocycles. The fourth-order valence-electron chi connectivity index (χ4n) is 2.53. The van der Waals surface area contributed by atoms with Crippen LogP contribution in [0.5, 0.6) is 0 Å². The summed E-state index contributed by atoms with van der Waals surface area (Å²) in [5, 5.41) is 16.1. The third kappa shape index (κ3) is 5.35. The zero-order valence-corrected chi connectivity index (χ0v) is 17.3. The summed E-state index contributed by atoms with van der Waals surface area (Å²) in [6, 6.07) is -1.64. The molecule has 6 N–H and O–H groups in total. The first-order chi connectivity index (χ1) is 14.1. The van der Waals surface area contributed by atoms with E-state index in [4.69, 9.17) is 38.9 Å². The summed E-state index contributed by atoms with van der Waals surface area (Å²) in [6.07, 6.45) is 0. The Morgan fingerprint density at radius 2 is 2.10 bits per heavy atom. The molecule has 1 fully saturated rings. The van der Waals surface area contributed by atoms with E-state index in [1.54, 1.807) is 0 Å². The average Bonchev–Trinajstić information content (AvgIpc) is 3.04. The number of hydrogen-bond donors (Lipinski definition) is 5. The van der Waals surface area contributed by atoms with Gasteiger partial charge < -0.3 is 26.3 Å². The first-order valence-electron chi connectivity index (χ1n) is 8.06. The lowest BCUT2D eigenvalue weighted by Crippen LogP contribution is -2.82. The quantitative estimate of drug-likeness (QED) is 0.0726. The van der Waals surface area contributed by atoms with Crippen LogP contribution < -0.4 is 16.4 Å². The number of nitrogens with zero attached hydrogens (tertiary/aromatic N) is 2. The molecule has 31 heavy (non-hydrogen) atoms. The summed E-state index contributed by atoms with van der Waals surface area (Å²) in [5.74, 6) is -3.63. The lowest BCUT2D eigenvalue weighted by Gasteiger charge is -2.60. The maximum absolute atomic E-state index is 12.8. The van der Waals surface area contributed by atoms with Crippen molar-refractivity contribution in [2.45, 2.75) is 29.1 Å². The maximum Gasteiger partial charge on any atom is 0.418 e. The topological polar surface area (TPSA) is 210 Å². The maximum atomic E-state index is 12.8. The first-order valence-corrected chi connectivity index (χ1v) is 10.4. The van der Waals surface area contributed by atoms with Gasteiger partial charge in [-0.1, -0.05) is 16.9 Å². The van der Waals surface area contributed by atoms with Crippen LogP contribution >= 0.6 is 11.8 Å². The van der Waals surface area contributed by atoms with Crippen LogP contribution in [-0.4, -0.2) is 93.9 Å². The number of carboxylic acid groups (broad SMARTS) is 1. The van der Waals surface area contributed by atoms with Gasteiger partial charge in [-0.3, -0.25) is 14.1 Å². The van der Waals surface area contributed by atoms with Crippen molar-refractivity contribution in [2.75, 3.05) is 6.61 Å². The lowest BCUT2D eigenvalue weighted by atomic mass is 9.33. The van der Waals surface area contributed by atoms with Crippen LogP contribution in [0.15, 0.2) is 16.3 Å². The minimum atomic E-state index is -5.17. The fraction of sp³-hybridized carbons (Fsp3) is 0.500. The van der Waals surface area contributed by atoms with Gasteiger partial charge in [0, 0.05) is 5.41 Å². The SMILES string of the molecule is [B]C([B])([B])[C@]1(C)C(NC(=O)/C(=N\OCC(=O)O)C2=CSC(N)N2)C(=O)N1OS(=O)(=O)O. The molecule has 0 saturated carbocycles. The predicted octanol–water partition coefficient (Wildman–Crippen LogP) is -3.74. The molecule has 2 unspecified atom stereocenters. The van der Waals surface area contributed by atoms with Gasteiger partial charge in [0.1, 0.15) is 11.5 Å². The molecular formula is C12H14B3N5O9S2. The smallest absolute Gasteiger partial charge is 0.418 e. The van der Waals surface area contributed by atoms with Crippen molar-refractivity contribution >= 4 is 69.2 Å². The summed E-state index contributed by atoms with van der Waals surface area (Å²) in [5.41, 5.74) is 2.48. The molecule has 2 aliphatic rings. The number of carboxylic acids is 1. The molecule has 0 aromatic carbocycles. The minimum Gasteiger partial charge on any atom is -0.479 e. The first kappa shape index (κ1) is 25.1. The Morgan fingerprint density at radius 1 is 1.48 bits per heavy atom. The van der Waals surface area contributed by atoms with E-state index < -0.39 is 62.7 Å². The molecule has 14 nitrogen and oxygen atoms in total. The van der Waals surface area contributed by atoms with Gasteiger partial charge in [0.25, 0.3) is 11.8 Å². The zero-order chi connectivity index (χ0) is 23.8. The van der Waals surface area contributed by atoms with Gasteiger partial charge >= 0.3 is 16.4 Å². The van der Waals surface area contributed by atoms with Crippen LogP contribution in [0, 0.1) is 0 Å². The number of nitrogens with two attached hydrogens (primary N) is 1. The molecule has 0 aliphatic carbocycles. The lowest BCUT2D eigenvalue weighted by molar-refractivity contribution is -0.222. The monoisotopic (exact) mass is 469 g/mol. The number of carbonyl (C=O) groups is 3. The number of hydroxylamine groups is 2. The molecule has 0 aromatic rings. The second-order valence-corrected chi connectivity index (χ2v) is 8.48. The summed E-state index contributed by atoms with van der Waals surface area (Å²) < 4.78 is 35.1. The van der Waals surface area contributed by atoms with Crippen LogP contribution in [0.25, 0.3) is 0 Å². The molecule has 19 heteroatoms. The highest BCUT2D eigenvalue weighted by atomic mass is 32.3. The summed E-state index contributed by atoms with van der Waals surface area (Å²) in [4.78, 5) is 40.3. The Hall–Kier alpha value is -2.21. The molecule has 162 valence electrons. The van der Waals surface area contributed by atoms with Gasteiger partial charge in [-0.15, -0.1) is 9.40 Å². The molecule has 0 bridgehead atoms. The van der Waals surface area contributed by atoms with Gasteiger partial charge in [0.15, 0.2) is 5.71 Å². The fourth-order valence-corrected chi connectivity index (χ4v) is 3.60. The van der Waals surface area contributed by atoms with Crippen molar-refractivity contribution in [2.24, 2.45) is 10.9 Å². The van der Waals surface area contributed by atoms with E-state index in [1.165, 1.54) is 5.41 Å². The normalized spacial score (nSPS) is 26.5. The molecule has 2 rings (SSSR count). The minimum absolute atomic E-state index is 0.0411. The van der Waals surface area contributed by atoms with E-state index in [0.29, 0.717) is 0 Å². The highest BCUT2D eigenvalue weighted by Crippen LogP contribution is 2.45. The Morgan fingerprint density at radius 3 is 2.55 bits per heavy atom.